The second-order valence-electron chi connectivity index (χ2n) is 10.6. The summed E-state index contributed by atoms with van der Waals surface area (Å²) in [5.41, 5.74) is 14.3. The van der Waals surface area contributed by atoms with E-state index in [1.165, 1.54) is 24.7 Å². The number of carbonyl (C=O) groups is 2. The number of fused-ring (bicyclic) bond motifs is 1. The molecule has 2 unspecified atom stereocenters. The monoisotopic (exact) mass is 691 g/mol. The zero-order valence-electron chi connectivity index (χ0n) is 27.0. The van der Waals surface area contributed by atoms with Crippen LogP contribution in [0, 0.1) is 0 Å². The maximum Gasteiger partial charge on any atom is 0.407 e. The first kappa shape index (κ1) is 36.5. The van der Waals surface area contributed by atoms with E-state index in [0.29, 0.717) is 0 Å². The average Bonchev–Trinajstić information content (AvgIpc) is 3.57. The zero-order chi connectivity index (χ0) is 35.1. The minimum absolute atomic E-state index is 0.00358. The Morgan fingerprint density at radius 2 is 1.88 bits per heavy atom. The molecule has 1 aliphatic heterocycles. The fourth-order valence-electron chi connectivity index (χ4n) is 4.95. The van der Waals surface area contributed by atoms with Gasteiger partial charge in [-0.15, -0.1) is 0 Å². The van der Waals surface area contributed by atoms with Crippen molar-refractivity contribution in [2.45, 2.75) is 70.7 Å². The van der Waals surface area contributed by atoms with Crippen LogP contribution in [0.5, 0.6) is 5.88 Å². The third-order valence-electron chi connectivity index (χ3n) is 7.20. The van der Waals surface area contributed by atoms with E-state index in [0.717, 1.165) is 0 Å². The Morgan fingerprint density at radius 3 is 2.52 bits per heavy atom. The lowest BCUT2D eigenvalue weighted by atomic mass is 9.93. The van der Waals surface area contributed by atoms with E-state index in [1.54, 1.807) is 51.1 Å². The van der Waals surface area contributed by atoms with Gasteiger partial charge >= 0.3 is 19.7 Å². The Labute approximate surface area is 275 Å². The molecule has 1 aromatic carbocycles. The molecule has 48 heavy (non-hydrogen) atoms. The van der Waals surface area contributed by atoms with Crippen molar-refractivity contribution in [2.24, 2.45) is 5.11 Å². The maximum atomic E-state index is 14.3. The fraction of sp³-hybridized carbons (Fsp3) is 0.536. The number of anilines is 1. The molecular weight excluding hydrogens is 653 g/mol. The average molecular weight is 692 g/mol. The first-order valence-corrected chi connectivity index (χ1v) is 16.6. The molecule has 0 aliphatic carbocycles. The summed E-state index contributed by atoms with van der Waals surface area (Å²) < 4.78 is 49.2. The highest BCUT2D eigenvalue weighted by molar-refractivity contribution is 7.51. The van der Waals surface area contributed by atoms with Crippen LogP contribution in [0.3, 0.4) is 0 Å². The molecule has 2 aromatic heterocycles. The molecular formula is C28H38N9O10P. The SMILES string of the molecule is CCOC(=O)C(OP(=O)(N[C@@H](C)C(=O)OCC)OC[C@H]1O[C@@H](n2cnc3c(OCC)nc(N)nc32)[C@](C)(N=[N+]=[N-])[C@@H]1O)c1ccccc1. The molecule has 0 amide bonds. The van der Waals surface area contributed by atoms with Crippen LogP contribution in [0.1, 0.15) is 52.5 Å². The normalized spacial score (nSPS) is 23.1. The Kier molecular flexibility index (Phi) is 11.9. The number of ether oxygens (including phenoxy) is 4. The van der Waals surface area contributed by atoms with Crippen molar-refractivity contribution in [1.82, 2.24) is 24.6 Å². The Bertz CT molecular complexity index is 1690. The second kappa shape index (κ2) is 15.7. The van der Waals surface area contributed by atoms with E-state index < -0.39 is 62.4 Å². The molecule has 1 aliphatic rings. The molecule has 0 spiro atoms. The van der Waals surface area contributed by atoms with Crippen molar-refractivity contribution in [2.75, 3.05) is 32.2 Å². The van der Waals surface area contributed by atoms with Gasteiger partial charge in [-0.25, -0.2) is 19.4 Å². The van der Waals surface area contributed by atoms with Gasteiger partial charge in [0.25, 0.3) is 0 Å². The Morgan fingerprint density at radius 1 is 1.19 bits per heavy atom. The number of nitrogens with zero attached hydrogens (tertiary/aromatic N) is 7. The number of nitrogen functional groups attached to an aromatic ring is 1. The maximum absolute atomic E-state index is 14.3. The number of nitrogens with one attached hydrogen (secondary N) is 1. The number of benzene rings is 1. The molecule has 3 aromatic rings. The predicted octanol–water partition coefficient (Wildman–Crippen LogP) is 3.12. The number of nitrogens with two attached hydrogens (primary N) is 1. The molecule has 1 saturated heterocycles. The number of aliphatic hydroxyl groups is 1. The van der Waals surface area contributed by atoms with E-state index >= 15 is 0 Å². The molecule has 260 valence electrons. The summed E-state index contributed by atoms with van der Waals surface area (Å²) in [4.78, 5) is 41.0. The summed E-state index contributed by atoms with van der Waals surface area (Å²) in [6.07, 6.45) is -4.34. The van der Waals surface area contributed by atoms with E-state index in [-0.39, 0.29) is 48.4 Å². The number of imidazole rings is 1. The van der Waals surface area contributed by atoms with Gasteiger partial charge in [0.1, 0.15) is 17.7 Å². The largest absolute Gasteiger partial charge is 0.476 e. The molecule has 20 heteroatoms. The van der Waals surface area contributed by atoms with Gasteiger partial charge in [0.2, 0.25) is 11.8 Å². The van der Waals surface area contributed by atoms with Crippen LogP contribution < -0.4 is 15.6 Å². The highest BCUT2D eigenvalue weighted by atomic mass is 31.2. The smallest absolute Gasteiger partial charge is 0.407 e. The number of hydrogen-bond acceptors (Lipinski definition) is 15. The zero-order valence-corrected chi connectivity index (χ0v) is 27.9. The highest BCUT2D eigenvalue weighted by Gasteiger charge is 2.55. The van der Waals surface area contributed by atoms with Crippen molar-refractivity contribution in [3.63, 3.8) is 0 Å². The third kappa shape index (κ3) is 7.85. The van der Waals surface area contributed by atoms with Crippen molar-refractivity contribution in [3.8, 4) is 5.88 Å². The Balaban J connectivity index is 1.68. The molecule has 0 bridgehead atoms. The third-order valence-corrected chi connectivity index (χ3v) is 8.88. The van der Waals surface area contributed by atoms with Gasteiger partial charge in [0, 0.05) is 4.91 Å². The van der Waals surface area contributed by atoms with Crippen LogP contribution in [-0.2, 0) is 37.4 Å². The summed E-state index contributed by atoms with van der Waals surface area (Å²) in [7, 11) is -4.65. The van der Waals surface area contributed by atoms with Crippen molar-refractivity contribution >= 4 is 36.8 Å². The summed E-state index contributed by atoms with van der Waals surface area (Å²) in [6.45, 7) is 7.39. The first-order chi connectivity index (χ1) is 22.9. The molecule has 1 fully saturated rings. The summed E-state index contributed by atoms with van der Waals surface area (Å²) in [5, 5.41) is 17.8. The minimum Gasteiger partial charge on any atom is -0.476 e. The fourth-order valence-corrected chi connectivity index (χ4v) is 6.55. The lowest BCUT2D eigenvalue weighted by Crippen LogP contribution is -2.43. The quantitative estimate of drug-likeness (QED) is 0.0641. The highest BCUT2D eigenvalue weighted by Crippen LogP contribution is 2.51. The van der Waals surface area contributed by atoms with Crippen molar-refractivity contribution in [1.29, 1.82) is 0 Å². The van der Waals surface area contributed by atoms with Crippen LogP contribution in [0.4, 0.5) is 5.95 Å². The number of azide groups is 1. The standard InChI is InChI=1S/C28H38N9O10P/c1-6-42-23-19-22(32-27(29)33-23)37(15-31-19)26-28(5,35-36-30)21(38)18(46-26)14-45-48(41,34-16(4)24(39)43-7-2)47-20(25(40)44-8-3)17-12-10-9-11-13-17/h9-13,15-16,18,20-21,26,38H,6-8,14H2,1-5H3,(H,34,41)(H2,29,32,33)/t16-,18+,20?,21+,26+,28+,48?/m0/s1. The number of esters is 2. The topological polar surface area (TPSA) is 257 Å². The molecule has 4 rings (SSSR count). The predicted molar refractivity (Wildman–Crippen MR) is 168 cm³/mol. The van der Waals surface area contributed by atoms with Gasteiger partial charge in [-0.2, -0.15) is 9.97 Å². The molecule has 4 N–H and O–H groups in total. The number of aliphatic hydroxyl groups excluding tert-OH is 1. The van der Waals surface area contributed by atoms with Crippen LogP contribution in [0.2, 0.25) is 0 Å². The van der Waals surface area contributed by atoms with E-state index in [2.05, 4.69) is 30.1 Å². The molecule has 7 atom stereocenters. The lowest BCUT2D eigenvalue weighted by Gasteiger charge is -2.28. The van der Waals surface area contributed by atoms with E-state index in [9.17, 15) is 24.8 Å². The first-order valence-electron chi connectivity index (χ1n) is 15.0. The second-order valence-corrected chi connectivity index (χ2v) is 12.3. The van der Waals surface area contributed by atoms with Crippen LogP contribution >= 0.6 is 7.75 Å². The minimum atomic E-state index is -4.65. The molecule has 3 heterocycles. The summed E-state index contributed by atoms with van der Waals surface area (Å²) in [5.74, 6) is -1.67. The summed E-state index contributed by atoms with van der Waals surface area (Å²) >= 11 is 0. The van der Waals surface area contributed by atoms with Gasteiger partial charge in [0.05, 0.1) is 38.9 Å². The van der Waals surface area contributed by atoms with E-state index in [1.807, 2.05) is 0 Å². The van der Waals surface area contributed by atoms with Gasteiger partial charge in [-0.1, -0.05) is 35.4 Å². The molecule has 0 saturated carbocycles. The van der Waals surface area contributed by atoms with Gasteiger partial charge < -0.3 is 29.8 Å². The van der Waals surface area contributed by atoms with Crippen LogP contribution in [0.25, 0.3) is 21.6 Å². The van der Waals surface area contributed by atoms with Crippen LogP contribution in [-0.4, -0.2) is 86.8 Å². The van der Waals surface area contributed by atoms with Gasteiger partial charge in [-0.3, -0.25) is 18.4 Å². The molecule has 0 radical (unpaired) electrons. The van der Waals surface area contributed by atoms with Gasteiger partial charge in [-0.05, 0) is 45.7 Å². The number of hydrogen-bond donors (Lipinski definition) is 3. The van der Waals surface area contributed by atoms with Crippen LogP contribution in [0.15, 0.2) is 41.8 Å². The number of carbonyl (C=O) groups excluding carboxylic acids is 2. The van der Waals surface area contributed by atoms with Crippen molar-refractivity contribution in [3.05, 3.63) is 52.7 Å². The number of rotatable bonds is 16. The number of aromatic nitrogens is 4. The van der Waals surface area contributed by atoms with E-state index in [4.69, 9.17) is 33.7 Å². The Hall–Kier alpha value is -4.35. The van der Waals surface area contributed by atoms with Crippen molar-refractivity contribution < 1.29 is 47.3 Å². The summed E-state index contributed by atoms with van der Waals surface area (Å²) in [6, 6.07) is 6.88. The van der Waals surface area contributed by atoms with Gasteiger partial charge in [0.15, 0.2) is 23.5 Å². The lowest BCUT2D eigenvalue weighted by molar-refractivity contribution is -0.152. The molecule has 19 nitrogen and oxygen atoms in total.